The molecule has 0 atom stereocenters. The molecule has 3 aromatic heterocycles. The van der Waals surface area contributed by atoms with Crippen LogP contribution in [0.3, 0.4) is 0 Å². The fourth-order valence-corrected chi connectivity index (χ4v) is 4.22. The summed E-state index contributed by atoms with van der Waals surface area (Å²) in [6, 6.07) is 14.3. The van der Waals surface area contributed by atoms with Crippen LogP contribution < -0.4 is 10.5 Å². The minimum atomic E-state index is -0.0986. The lowest BCUT2D eigenvalue weighted by molar-refractivity contribution is 0.312. The quantitative estimate of drug-likeness (QED) is 0.496. The molecule has 4 heterocycles. The number of aryl methyl sites for hydroxylation is 2. The van der Waals surface area contributed by atoms with Crippen molar-refractivity contribution in [3.05, 3.63) is 70.1 Å². The van der Waals surface area contributed by atoms with Gasteiger partial charge in [-0.3, -0.25) is 4.79 Å². The number of benzene rings is 1. The van der Waals surface area contributed by atoms with Crippen molar-refractivity contribution in [2.75, 3.05) is 38.1 Å². The van der Waals surface area contributed by atoms with Crippen molar-refractivity contribution in [1.29, 1.82) is 0 Å². The standard InChI is InChI=1S/C24H27N7O/c1-17-13-19(27-29(3)24(17)32)23-26-20-15-25-22(30-11-9-28(2)10-12-30)14-21(20)31(23)16-18-7-5-4-6-8-18/h4-8,13-15H,9-12,16H2,1-3H3. The smallest absolute Gasteiger partial charge is 0.269 e. The first-order chi connectivity index (χ1) is 15.5. The number of pyridine rings is 1. The first kappa shape index (κ1) is 20.4. The minimum absolute atomic E-state index is 0.0986. The van der Waals surface area contributed by atoms with Gasteiger partial charge >= 0.3 is 0 Å². The van der Waals surface area contributed by atoms with Crippen molar-refractivity contribution in [3.8, 4) is 11.5 Å². The van der Waals surface area contributed by atoms with Gasteiger partial charge in [0.05, 0.1) is 11.7 Å². The first-order valence-corrected chi connectivity index (χ1v) is 10.9. The lowest BCUT2D eigenvalue weighted by atomic mass is 10.2. The van der Waals surface area contributed by atoms with Crippen molar-refractivity contribution >= 4 is 16.9 Å². The average Bonchev–Trinajstić information content (AvgIpc) is 3.16. The van der Waals surface area contributed by atoms with Gasteiger partial charge in [0.2, 0.25) is 0 Å². The van der Waals surface area contributed by atoms with E-state index in [4.69, 9.17) is 9.97 Å². The Morgan fingerprint density at radius 2 is 1.75 bits per heavy atom. The third-order valence-corrected chi connectivity index (χ3v) is 6.10. The van der Waals surface area contributed by atoms with Gasteiger partial charge in [0.15, 0.2) is 5.82 Å². The van der Waals surface area contributed by atoms with Crippen molar-refractivity contribution in [2.45, 2.75) is 13.5 Å². The second-order valence-electron chi connectivity index (χ2n) is 8.47. The highest BCUT2D eigenvalue weighted by Crippen LogP contribution is 2.27. The largest absolute Gasteiger partial charge is 0.354 e. The highest BCUT2D eigenvalue weighted by atomic mass is 16.1. The predicted molar refractivity (Wildman–Crippen MR) is 126 cm³/mol. The minimum Gasteiger partial charge on any atom is -0.354 e. The third kappa shape index (κ3) is 3.78. The van der Waals surface area contributed by atoms with E-state index in [0.29, 0.717) is 17.8 Å². The highest BCUT2D eigenvalue weighted by Gasteiger charge is 2.20. The fourth-order valence-electron chi connectivity index (χ4n) is 4.22. The van der Waals surface area contributed by atoms with E-state index in [0.717, 1.165) is 48.9 Å². The molecule has 0 amide bonds. The first-order valence-electron chi connectivity index (χ1n) is 10.9. The number of rotatable bonds is 4. The van der Waals surface area contributed by atoms with Crippen LogP contribution >= 0.6 is 0 Å². The van der Waals surface area contributed by atoms with E-state index in [-0.39, 0.29) is 5.56 Å². The van der Waals surface area contributed by atoms with E-state index in [1.54, 1.807) is 7.05 Å². The van der Waals surface area contributed by atoms with Gasteiger partial charge in [0.25, 0.3) is 5.56 Å². The Morgan fingerprint density at radius 3 is 2.47 bits per heavy atom. The lowest BCUT2D eigenvalue weighted by Gasteiger charge is -2.33. The van der Waals surface area contributed by atoms with Gasteiger partial charge in [0.1, 0.15) is 17.0 Å². The maximum atomic E-state index is 12.2. The zero-order valence-corrected chi connectivity index (χ0v) is 18.7. The van der Waals surface area contributed by atoms with E-state index in [2.05, 4.69) is 44.7 Å². The number of nitrogens with zero attached hydrogens (tertiary/aromatic N) is 7. The number of hydrogen-bond acceptors (Lipinski definition) is 6. The zero-order chi connectivity index (χ0) is 22.2. The summed E-state index contributed by atoms with van der Waals surface area (Å²) in [5.41, 5.74) is 4.24. The molecule has 0 spiro atoms. The van der Waals surface area contributed by atoms with Crippen LogP contribution in [0, 0.1) is 6.92 Å². The number of piperazine rings is 1. The van der Waals surface area contributed by atoms with Gasteiger partial charge in [-0.1, -0.05) is 30.3 Å². The Hall–Kier alpha value is -3.52. The van der Waals surface area contributed by atoms with Crippen LogP contribution in [0.25, 0.3) is 22.6 Å². The van der Waals surface area contributed by atoms with Crippen molar-refractivity contribution in [2.24, 2.45) is 7.05 Å². The molecular formula is C24H27N7O. The molecule has 0 radical (unpaired) electrons. The molecule has 0 bridgehead atoms. The number of imidazole rings is 1. The number of hydrogen-bond donors (Lipinski definition) is 0. The molecule has 1 aromatic carbocycles. The van der Waals surface area contributed by atoms with Crippen LogP contribution in [0.1, 0.15) is 11.1 Å². The van der Waals surface area contributed by atoms with E-state index < -0.39 is 0 Å². The zero-order valence-electron chi connectivity index (χ0n) is 18.7. The summed E-state index contributed by atoms with van der Waals surface area (Å²) in [7, 11) is 3.83. The fraction of sp³-hybridized carbons (Fsp3) is 0.333. The molecule has 164 valence electrons. The van der Waals surface area contributed by atoms with Crippen molar-refractivity contribution in [3.63, 3.8) is 0 Å². The SMILES string of the molecule is Cc1cc(-c2nc3cnc(N4CCN(C)CC4)cc3n2Cc2ccccc2)nn(C)c1=O. The molecule has 0 N–H and O–H groups in total. The van der Waals surface area contributed by atoms with Crippen molar-refractivity contribution in [1.82, 2.24) is 29.2 Å². The molecule has 8 nitrogen and oxygen atoms in total. The topological polar surface area (TPSA) is 72.1 Å². The van der Waals surface area contributed by atoms with Gasteiger partial charge in [-0.25, -0.2) is 14.6 Å². The molecule has 32 heavy (non-hydrogen) atoms. The molecule has 1 saturated heterocycles. The second kappa shape index (κ2) is 8.20. The maximum absolute atomic E-state index is 12.2. The molecular weight excluding hydrogens is 402 g/mol. The predicted octanol–water partition coefficient (Wildman–Crippen LogP) is 2.30. The second-order valence-corrected chi connectivity index (χ2v) is 8.47. The number of aromatic nitrogens is 5. The van der Waals surface area contributed by atoms with Crippen LogP contribution in [0.2, 0.25) is 0 Å². The Bertz CT molecular complexity index is 1290. The van der Waals surface area contributed by atoms with Crippen LogP contribution in [0.5, 0.6) is 0 Å². The maximum Gasteiger partial charge on any atom is 0.269 e. The van der Waals surface area contributed by atoms with Gasteiger partial charge < -0.3 is 14.4 Å². The Balaban J connectivity index is 1.65. The molecule has 8 heteroatoms. The van der Waals surface area contributed by atoms with Gasteiger partial charge in [-0.05, 0) is 25.6 Å². The van der Waals surface area contributed by atoms with E-state index >= 15 is 0 Å². The number of likely N-dealkylation sites (N-methyl/N-ethyl adjacent to an activating group) is 1. The summed E-state index contributed by atoms with van der Waals surface area (Å²) in [6.45, 7) is 6.42. The molecule has 1 aliphatic rings. The lowest BCUT2D eigenvalue weighted by Crippen LogP contribution is -2.44. The van der Waals surface area contributed by atoms with E-state index in [1.807, 2.05) is 37.4 Å². The Labute approximate surface area is 186 Å². The summed E-state index contributed by atoms with van der Waals surface area (Å²) in [4.78, 5) is 26.5. The van der Waals surface area contributed by atoms with E-state index in [9.17, 15) is 4.79 Å². The summed E-state index contributed by atoms with van der Waals surface area (Å²) < 4.78 is 3.56. The number of anilines is 1. The van der Waals surface area contributed by atoms with Crippen LogP contribution in [-0.4, -0.2) is 62.4 Å². The molecule has 4 aromatic rings. The van der Waals surface area contributed by atoms with Gasteiger partial charge in [0, 0.05) is 51.4 Å². The Kier molecular flexibility index (Phi) is 5.22. The summed E-state index contributed by atoms with van der Waals surface area (Å²) in [5.74, 6) is 1.70. The highest BCUT2D eigenvalue weighted by molar-refractivity contribution is 5.82. The van der Waals surface area contributed by atoms with Crippen LogP contribution in [0.15, 0.2) is 53.5 Å². The van der Waals surface area contributed by atoms with Crippen LogP contribution in [-0.2, 0) is 13.6 Å². The summed E-state index contributed by atoms with van der Waals surface area (Å²) >= 11 is 0. The monoisotopic (exact) mass is 429 g/mol. The van der Waals surface area contributed by atoms with E-state index in [1.165, 1.54) is 10.2 Å². The van der Waals surface area contributed by atoms with Crippen molar-refractivity contribution < 1.29 is 0 Å². The van der Waals surface area contributed by atoms with Gasteiger partial charge in [-0.2, -0.15) is 5.10 Å². The average molecular weight is 430 g/mol. The molecule has 0 saturated carbocycles. The van der Waals surface area contributed by atoms with Crippen LogP contribution in [0.4, 0.5) is 5.82 Å². The third-order valence-electron chi connectivity index (χ3n) is 6.10. The number of fused-ring (bicyclic) bond motifs is 1. The molecule has 0 unspecified atom stereocenters. The molecule has 1 aliphatic heterocycles. The Morgan fingerprint density at radius 1 is 1.00 bits per heavy atom. The summed E-state index contributed by atoms with van der Waals surface area (Å²) in [6.07, 6.45) is 1.85. The normalized spacial score (nSPS) is 14.9. The summed E-state index contributed by atoms with van der Waals surface area (Å²) in [5, 5.41) is 4.51. The molecule has 5 rings (SSSR count). The molecule has 1 fully saturated rings. The van der Waals surface area contributed by atoms with Gasteiger partial charge in [-0.15, -0.1) is 0 Å². The molecule has 0 aliphatic carbocycles.